The van der Waals surface area contributed by atoms with Crippen LogP contribution in [0.3, 0.4) is 0 Å². The largest absolute Gasteiger partial charge is 0.461 e. The van der Waals surface area contributed by atoms with Crippen LogP contribution in [-0.4, -0.2) is 22.0 Å². The van der Waals surface area contributed by atoms with Gasteiger partial charge in [0.15, 0.2) is 5.69 Å². The summed E-state index contributed by atoms with van der Waals surface area (Å²) in [4.78, 5) is 16.3. The smallest absolute Gasteiger partial charge is 0.357 e. The Morgan fingerprint density at radius 3 is 2.89 bits per heavy atom. The fourth-order valence-corrected chi connectivity index (χ4v) is 1.74. The third-order valence-corrected chi connectivity index (χ3v) is 2.56. The Morgan fingerprint density at radius 2 is 2.22 bits per heavy atom. The highest BCUT2D eigenvalue weighted by molar-refractivity contribution is 5.90. The lowest BCUT2D eigenvalue weighted by Gasteiger charge is -2.07. The molecule has 0 aliphatic rings. The van der Waals surface area contributed by atoms with Crippen molar-refractivity contribution < 1.29 is 9.53 Å². The summed E-state index contributed by atoms with van der Waals surface area (Å²) < 4.78 is 6.91. The summed E-state index contributed by atoms with van der Waals surface area (Å²) in [5.41, 5.74) is 8.09. The quantitative estimate of drug-likeness (QED) is 0.843. The van der Waals surface area contributed by atoms with E-state index < -0.39 is 0 Å². The Kier molecular flexibility index (Phi) is 3.23. The fraction of sp³-hybridized carbons (Fsp3) is 0.385. The second kappa shape index (κ2) is 4.68. The van der Waals surface area contributed by atoms with Crippen molar-refractivity contribution in [2.75, 3.05) is 12.3 Å². The van der Waals surface area contributed by atoms with Gasteiger partial charge in [-0.25, -0.2) is 9.78 Å². The number of hydrogen-bond acceptors (Lipinski definition) is 4. The number of nitrogen functional groups attached to an aromatic ring is 1. The number of carbonyl (C=O) groups excluding carboxylic acids is 1. The zero-order valence-corrected chi connectivity index (χ0v) is 10.8. The Balaban J connectivity index is 2.40. The highest BCUT2D eigenvalue weighted by Crippen LogP contribution is 2.15. The number of imidazole rings is 1. The Labute approximate surface area is 106 Å². The van der Waals surface area contributed by atoms with E-state index in [0.29, 0.717) is 35.2 Å². The molecule has 0 fully saturated rings. The first-order valence-corrected chi connectivity index (χ1v) is 5.90. The lowest BCUT2D eigenvalue weighted by atomic mass is 10.2. The number of hydrogen-bond donors (Lipinski definition) is 1. The molecule has 2 aromatic rings. The van der Waals surface area contributed by atoms with E-state index in [0.717, 1.165) is 0 Å². The third kappa shape index (κ3) is 2.30. The molecule has 2 aromatic heterocycles. The number of aryl methyl sites for hydroxylation is 1. The summed E-state index contributed by atoms with van der Waals surface area (Å²) in [7, 11) is 0. The number of aromatic nitrogens is 2. The van der Waals surface area contributed by atoms with E-state index in [2.05, 4.69) is 4.98 Å². The third-order valence-electron chi connectivity index (χ3n) is 2.56. The molecule has 0 unspecified atom stereocenters. The van der Waals surface area contributed by atoms with E-state index in [4.69, 9.17) is 10.5 Å². The molecule has 0 aromatic carbocycles. The van der Waals surface area contributed by atoms with Gasteiger partial charge in [-0.15, -0.1) is 0 Å². The van der Waals surface area contributed by atoms with Gasteiger partial charge < -0.3 is 10.5 Å². The number of esters is 1. The minimum atomic E-state index is -0.362. The average Bonchev–Trinajstić information content (AvgIpc) is 2.61. The van der Waals surface area contributed by atoms with Crippen molar-refractivity contribution in [2.45, 2.75) is 20.8 Å². The second-order valence-electron chi connectivity index (χ2n) is 4.73. The van der Waals surface area contributed by atoms with Crippen LogP contribution in [0.25, 0.3) is 5.65 Å². The number of carbonyl (C=O) groups is 1. The van der Waals surface area contributed by atoms with Crippen LogP contribution in [-0.2, 0) is 4.74 Å². The molecule has 96 valence electrons. The summed E-state index contributed by atoms with van der Waals surface area (Å²) in [6.45, 7) is 6.17. The normalized spacial score (nSPS) is 11.1. The van der Waals surface area contributed by atoms with Gasteiger partial charge >= 0.3 is 5.97 Å². The van der Waals surface area contributed by atoms with Crippen molar-refractivity contribution in [1.29, 1.82) is 0 Å². The van der Waals surface area contributed by atoms with Gasteiger partial charge in [-0.3, -0.25) is 4.40 Å². The number of ether oxygens (including phenoxy) is 1. The second-order valence-corrected chi connectivity index (χ2v) is 4.73. The van der Waals surface area contributed by atoms with Crippen LogP contribution in [0.1, 0.15) is 30.0 Å². The highest BCUT2D eigenvalue weighted by atomic mass is 16.5. The Hall–Kier alpha value is -2.04. The molecule has 18 heavy (non-hydrogen) atoms. The molecule has 2 N–H and O–H groups in total. The van der Waals surface area contributed by atoms with Gasteiger partial charge in [0, 0.05) is 11.9 Å². The van der Waals surface area contributed by atoms with Gasteiger partial charge in [-0.05, 0) is 25.0 Å². The van der Waals surface area contributed by atoms with Crippen LogP contribution in [0.2, 0.25) is 0 Å². The van der Waals surface area contributed by atoms with E-state index >= 15 is 0 Å². The van der Waals surface area contributed by atoms with E-state index in [1.807, 2.05) is 13.8 Å². The maximum Gasteiger partial charge on any atom is 0.357 e. The Morgan fingerprint density at radius 1 is 1.50 bits per heavy atom. The first-order chi connectivity index (χ1) is 8.49. The van der Waals surface area contributed by atoms with E-state index in [1.165, 1.54) is 0 Å². The maximum absolute atomic E-state index is 12.0. The zero-order chi connectivity index (χ0) is 13.3. The maximum atomic E-state index is 12.0. The molecule has 5 heteroatoms. The summed E-state index contributed by atoms with van der Waals surface area (Å²) in [6.07, 6.45) is 1.68. The molecule has 0 spiro atoms. The topological polar surface area (TPSA) is 69.6 Å². The van der Waals surface area contributed by atoms with Gasteiger partial charge in [0.05, 0.1) is 12.3 Å². The van der Waals surface area contributed by atoms with Gasteiger partial charge in [0.2, 0.25) is 0 Å². The van der Waals surface area contributed by atoms with Crippen LogP contribution < -0.4 is 5.73 Å². The molecular formula is C13H17N3O2. The monoisotopic (exact) mass is 247 g/mol. The van der Waals surface area contributed by atoms with Gasteiger partial charge in [0.1, 0.15) is 5.65 Å². The van der Waals surface area contributed by atoms with Crippen molar-refractivity contribution in [3.05, 3.63) is 29.7 Å². The van der Waals surface area contributed by atoms with E-state index in [1.54, 1.807) is 29.7 Å². The minimum absolute atomic E-state index is 0.304. The van der Waals surface area contributed by atoms with Crippen LogP contribution in [0.5, 0.6) is 0 Å². The van der Waals surface area contributed by atoms with Crippen LogP contribution >= 0.6 is 0 Å². The van der Waals surface area contributed by atoms with E-state index in [9.17, 15) is 4.79 Å². The first-order valence-electron chi connectivity index (χ1n) is 5.90. The molecule has 0 aliphatic heterocycles. The SMILES string of the molecule is Cc1nc2ccc(N)cn2c1C(=O)OCC(C)C. The number of nitrogens with two attached hydrogens (primary N) is 1. The molecule has 0 bridgehead atoms. The number of anilines is 1. The molecule has 0 saturated carbocycles. The standard InChI is InChI=1S/C13H17N3O2/c1-8(2)7-18-13(17)12-9(3)15-11-5-4-10(14)6-16(11)12/h4-6,8H,7,14H2,1-3H3. The lowest BCUT2D eigenvalue weighted by Crippen LogP contribution is -2.13. The molecule has 0 radical (unpaired) electrons. The van der Waals surface area contributed by atoms with Crippen molar-refractivity contribution in [3.8, 4) is 0 Å². The predicted molar refractivity (Wildman–Crippen MR) is 69.5 cm³/mol. The van der Waals surface area contributed by atoms with Crippen molar-refractivity contribution >= 4 is 17.3 Å². The summed E-state index contributed by atoms with van der Waals surface area (Å²) in [5.74, 6) is -0.0576. The summed E-state index contributed by atoms with van der Waals surface area (Å²) >= 11 is 0. The summed E-state index contributed by atoms with van der Waals surface area (Å²) in [6, 6.07) is 3.53. The number of nitrogens with zero attached hydrogens (tertiary/aromatic N) is 2. The fourth-order valence-electron chi connectivity index (χ4n) is 1.74. The summed E-state index contributed by atoms with van der Waals surface area (Å²) in [5, 5.41) is 0. The molecular weight excluding hydrogens is 230 g/mol. The molecule has 0 aliphatic carbocycles. The van der Waals surface area contributed by atoms with Gasteiger partial charge in [0.25, 0.3) is 0 Å². The average molecular weight is 247 g/mol. The van der Waals surface area contributed by atoms with Crippen molar-refractivity contribution in [2.24, 2.45) is 5.92 Å². The molecule has 2 rings (SSSR count). The predicted octanol–water partition coefficient (Wildman–Crippen LogP) is 2.04. The van der Waals surface area contributed by atoms with Gasteiger partial charge in [-0.1, -0.05) is 13.8 Å². The number of pyridine rings is 1. The highest BCUT2D eigenvalue weighted by Gasteiger charge is 2.18. The number of fused-ring (bicyclic) bond motifs is 1. The molecule has 0 amide bonds. The van der Waals surface area contributed by atoms with Crippen LogP contribution in [0, 0.1) is 12.8 Å². The molecule has 0 saturated heterocycles. The van der Waals surface area contributed by atoms with Crippen molar-refractivity contribution in [1.82, 2.24) is 9.38 Å². The molecule has 5 nitrogen and oxygen atoms in total. The van der Waals surface area contributed by atoms with Gasteiger partial charge in [-0.2, -0.15) is 0 Å². The van der Waals surface area contributed by atoms with E-state index in [-0.39, 0.29) is 5.97 Å². The minimum Gasteiger partial charge on any atom is -0.461 e. The first kappa shape index (κ1) is 12.4. The zero-order valence-electron chi connectivity index (χ0n) is 10.8. The van der Waals surface area contributed by atoms with Crippen LogP contribution in [0.4, 0.5) is 5.69 Å². The molecule has 0 atom stereocenters. The number of rotatable bonds is 3. The Bertz CT molecular complexity index is 587. The lowest BCUT2D eigenvalue weighted by molar-refractivity contribution is 0.0450. The molecule has 2 heterocycles. The van der Waals surface area contributed by atoms with Crippen molar-refractivity contribution in [3.63, 3.8) is 0 Å². The van der Waals surface area contributed by atoms with Crippen LogP contribution in [0.15, 0.2) is 18.3 Å².